The van der Waals surface area contributed by atoms with E-state index in [4.69, 9.17) is 0 Å². The van der Waals surface area contributed by atoms with Gasteiger partial charge in [-0.25, -0.2) is 4.79 Å². The van der Waals surface area contributed by atoms with Gasteiger partial charge in [0.15, 0.2) is 0 Å². The predicted octanol–water partition coefficient (Wildman–Crippen LogP) is 3.13. The van der Waals surface area contributed by atoms with Crippen LogP contribution in [0.2, 0.25) is 0 Å². The predicted molar refractivity (Wildman–Crippen MR) is 72.1 cm³/mol. The molecule has 0 fully saturated rings. The number of aromatic nitrogens is 1. The van der Waals surface area contributed by atoms with Crippen molar-refractivity contribution in [2.45, 2.75) is 13.5 Å². The Balaban J connectivity index is 2.39. The minimum atomic E-state index is -0.912. The molecule has 0 aliphatic rings. The van der Waals surface area contributed by atoms with Crippen LogP contribution in [0.5, 0.6) is 0 Å². The molecule has 92 valence electrons. The first-order valence-corrected chi connectivity index (χ1v) is 5.87. The Bertz CT molecular complexity index is 567. The zero-order chi connectivity index (χ0) is 13.0. The Labute approximate surface area is 106 Å². The van der Waals surface area contributed by atoms with Gasteiger partial charge < -0.3 is 9.67 Å². The number of rotatable bonds is 4. The smallest absolute Gasteiger partial charge is 0.336 e. The quantitative estimate of drug-likeness (QED) is 0.835. The fourth-order valence-electron chi connectivity index (χ4n) is 1.79. The number of carboxylic acid groups (broad SMARTS) is 1. The molecule has 3 heteroatoms. The SMILES string of the molecule is CCn1ccc(C=C(C(=O)O)c2ccccc2)c1. The zero-order valence-corrected chi connectivity index (χ0v) is 10.2. The Kier molecular flexibility index (Phi) is 3.63. The lowest BCUT2D eigenvalue weighted by Crippen LogP contribution is -1.99. The Morgan fingerprint density at radius 2 is 2.00 bits per heavy atom. The van der Waals surface area contributed by atoms with E-state index in [1.807, 2.05) is 48.1 Å². The minimum absolute atomic E-state index is 0.310. The number of nitrogens with zero attached hydrogens (tertiary/aromatic N) is 1. The molecule has 0 bridgehead atoms. The summed E-state index contributed by atoms with van der Waals surface area (Å²) in [5.74, 6) is -0.912. The van der Waals surface area contributed by atoms with Crippen LogP contribution in [-0.4, -0.2) is 15.6 Å². The van der Waals surface area contributed by atoms with E-state index in [2.05, 4.69) is 0 Å². The van der Waals surface area contributed by atoms with Gasteiger partial charge in [-0.2, -0.15) is 0 Å². The van der Waals surface area contributed by atoms with Crippen molar-refractivity contribution in [3.05, 3.63) is 59.9 Å². The van der Waals surface area contributed by atoms with Crippen molar-refractivity contribution in [3.8, 4) is 0 Å². The number of benzene rings is 1. The second-order valence-electron chi connectivity index (χ2n) is 4.00. The summed E-state index contributed by atoms with van der Waals surface area (Å²) >= 11 is 0. The number of aliphatic carboxylic acids is 1. The standard InChI is InChI=1S/C15H15NO2/c1-2-16-9-8-12(11-16)10-14(15(17)18)13-6-4-3-5-7-13/h3-11H,2H2,1H3,(H,17,18). The average molecular weight is 241 g/mol. The first kappa shape index (κ1) is 12.2. The highest BCUT2D eigenvalue weighted by molar-refractivity contribution is 6.20. The molecule has 0 saturated heterocycles. The summed E-state index contributed by atoms with van der Waals surface area (Å²) in [7, 11) is 0. The topological polar surface area (TPSA) is 42.2 Å². The molecule has 0 spiro atoms. The van der Waals surface area contributed by atoms with Gasteiger partial charge >= 0.3 is 5.97 Å². The van der Waals surface area contributed by atoms with Gasteiger partial charge in [-0.1, -0.05) is 30.3 Å². The molecule has 1 heterocycles. The summed E-state index contributed by atoms with van der Waals surface area (Å²) in [6, 6.07) is 11.1. The third-order valence-electron chi connectivity index (χ3n) is 2.76. The molecule has 0 radical (unpaired) electrons. The number of carboxylic acids is 1. The van der Waals surface area contributed by atoms with E-state index >= 15 is 0 Å². The molecule has 0 atom stereocenters. The first-order valence-electron chi connectivity index (χ1n) is 5.87. The van der Waals surface area contributed by atoms with Crippen LogP contribution in [0.1, 0.15) is 18.1 Å². The van der Waals surface area contributed by atoms with Gasteiger partial charge in [0.2, 0.25) is 0 Å². The number of carbonyl (C=O) groups is 1. The lowest BCUT2D eigenvalue weighted by atomic mass is 10.0. The van der Waals surface area contributed by atoms with Crippen molar-refractivity contribution in [3.63, 3.8) is 0 Å². The summed E-state index contributed by atoms with van der Waals surface area (Å²) < 4.78 is 2.01. The van der Waals surface area contributed by atoms with Gasteiger partial charge in [0.1, 0.15) is 0 Å². The average Bonchev–Trinajstić information content (AvgIpc) is 2.84. The van der Waals surface area contributed by atoms with Crippen molar-refractivity contribution in [2.75, 3.05) is 0 Å². The van der Waals surface area contributed by atoms with E-state index in [9.17, 15) is 9.90 Å². The van der Waals surface area contributed by atoms with Crippen LogP contribution in [-0.2, 0) is 11.3 Å². The summed E-state index contributed by atoms with van der Waals surface area (Å²) in [6.45, 7) is 2.92. The molecule has 1 aromatic carbocycles. The summed E-state index contributed by atoms with van der Waals surface area (Å²) in [6.07, 6.45) is 5.58. The maximum absolute atomic E-state index is 11.3. The van der Waals surface area contributed by atoms with Crippen molar-refractivity contribution in [1.82, 2.24) is 4.57 Å². The highest BCUT2D eigenvalue weighted by atomic mass is 16.4. The lowest BCUT2D eigenvalue weighted by Gasteiger charge is -2.01. The van der Waals surface area contributed by atoms with Crippen molar-refractivity contribution < 1.29 is 9.90 Å². The van der Waals surface area contributed by atoms with Crippen LogP contribution in [0, 0.1) is 0 Å². The number of hydrogen-bond acceptors (Lipinski definition) is 1. The van der Waals surface area contributed by atoms with Gasteiger partial charge in [0.25, 0.3) is 0 Å². The van der Waals surface area contributed by atoms with E-state index in [-0.39, 0.29) is 0 Å². The summed E-state index contributed by atoms with van der Waals surface area (Å²) in [5, 5.41) is 9.28. The molecular formula is C15H15NO2. The number of hydrogen-bond donors (Lipinski definition) is 1. The molecule has 3 nitrogen and oxygen atoms in total. The Morgan fingerprint density at radius 3 is 2.56 bits per heavy atom. The fourth-order valence-corrected chi connectivity index (χ4v) is 1.79. The maximum atomic E-state index is 11.3. The van der Waals surface area contributed by atoms with Crippen molar-refractivity contribution >= 4 is 17.6 Å². The van der Waals surface area contributed by atoms with Gasteiger partial charge in [0, 0.05) is 18.9 Å². The zero-order valence-electron chi connectivity index (χ0n) is 10.2. The van der Waals surface area contributed by atoms with Crippen LogP contribution >= 0.6 is 0 Å². The van der Waals surface area contributed by atoms with Gasteiger partial charge in [-0.05, 0) is 30.2 Å². The van der Waals surface area contributed by atoms with Gasteiger partial charge in [0.05, 0.1) is 5.57 Å². The molecule has 0 aliphatic heterocycles. The minimum Gasteiger partial charge on any atom is -0.478 e. The Morgan fingerprint density at radius 1 is 1.28 bits per heavy atom. The largest absolute Gasteiger partial charge is 0.478 e. The molecule has 1 aromatic heterocycles. The molecule has 18 heavy (non-hydrogen) atoms. The summed E-state index contributed by atoms with van der Waals surface area (Å²) in [5.41, 5.74) is 1.93. The normalized spacial score (nSPS) is 11.5. The monoisotopic (exact) mass is 241 g/mol. The molecule has 2 aromatic rings. The molecule has 0 amide bonds. The van der Waals surface area contributed by atoms with Gasteiger partial charge in [-0.15, -0.1) is 0 Å². The number of aryl methyl sites for hydroxylation is 1. The fraction of sp³-hybridized carbons (Fsp3) is 0.133. The van der Waals surface area contributed by atoms with E-state index < -0.39 is 5.97 Å². The second kappa shape index (κ2) is 5.36. The molecule has 2 rings (SSSR count). The van der Waals surface area contributed by atoms with E-state index in [1.54, 1.807) is 18.2 Å². The highest BCUT2D eigenvalue weighted by Gasteiger charge is 2.09. The van der Waals surface area contributed by atoms with E-state index in [1.165, 1.54) is 0 Å². The van der Waals surface area contributed by atoms with E-state index in [0.717, 1.165) is 12.1 Å². The molecular weight excluding hydrogens is 226 g/mol. The van der Waals surface area contributed by atoms with Crippen LogP contribution < -0.4 is 0 Å². The Hall–Kier alpha value is -2.29. The molecule has 0 saturated carbocycles. The molecule has 0 unspecified atom stereocenters. The van der Waals surface area contributed by atoms with Crippen LogP contribution in [0.15, 0.2) is 48.8 Å². The first-order chi connectivity index (χ1) is 8.70. The molecule has 0 aliphatic carbocycles. The molecule has 1 N–H and O–H groups in total. The highest BCUT2D eigenvalue weighted by Crippen LogP contribution is 2.18. The lowest BCUT2D eigenvalue weighted by molar-refractivity contribution is -0.130. The maximum Gasteiger partial charge on any atom is 0.336 e. The van der Waals surface area contributed by atoms with Crippen LogP contribution in [0.4, 0.5) is 0 Å². The van der Waals surface area contributed by atoms with Crippen LogP contribution in [0.3, 0.4) is 0 Å². The van der Waals surface area contributed by atoms with Crippen LogP contribution in [0.25, 0.3) is 11.6 Å². The van der Waals surface area contributed by atoms with Crippen molar-refractivity contribution in [1.29, 1.82) is 0 Å². The third kappa shape index (κ3) is 2.69. The van der Waals surface area contributed by atoms with E-state index in [0.29, 0.717) is 11.1 Å². The van der Waals surface area contributed by atoms with Gasteiger partial charge in [-0.3, -0.25) is 0 Å². The second-order valence-corrected chi connectivity index (χ2v) is 4.00. The summed E-state index contributed by atoms with van der Waals surface area (Å²) in [4.78, 5) is 11.3. The van der Waals surface area contributed by atoms with Crippen molar-refractivity contribution in [2.24, 2.45) is 0 Å². The third-order valence-corrected chi connectivity index (χ3v) is 2.76.